The van der Waals surface area contributed by atoms with E-state index in [2.05, 4.69) is 20.1 Å². The Labute approximate surface area is 180 Å². The summed E-state index contributed by atoms with van der Waals surface area (Å²) in [6.07, 6.45) is 7.96. The molecule has 2 saturated heterocycles. The van der Waals surface area contributed by atoms with E-state index in [0.29, 0.717) is 6.54 Å². The molecule has 7 nitrogen and oxygen atoms in total. The Hall–Kier alpha value is -3.29. The van der Waals surface area contributed by atoms with Crippen LogP contribution in [0.4, 0.5) is 10.3 Å². The maximum Gasteiger partial charge on any atom is 0.227 e. The first kappa shape index (κ1) is 19.7. The number of anilines is 1. The summed E-state index contributed by atoms with van der Waals surface area (Å²) in [5.41, 5.74) is 3.46. The summed E-state index contributed by atoms with van der Waals surface area (Å²) < 4.78 is 13.2. The second kappa shape index (κ2) is 8.45. The predicted octanol–water partition coefficient (Wildman–Crippen LogP) is 3.51. The fraction of sp³-hybridized carbons (Fsp3) is 0.391. The van der Waals surface area contributed by atoms with Crippen LogP contribution in [0.1, 0.15) is 43.0 Å². The summed E-state index contributed by atoms with van der Waals surface area (Å²) in [4.78, 5) is 26.4. The van der Waals surface area contributed by atoms with E-state index in [-0.39, 0.29) is 24.2 Å². The Morgan fingerprint density at radius 1 is 1.10 bits per heavy atom. The maximum atomic E-state index is 13.2. The summed E-state index contributed by atoms with van der Waals surface area (Å²) >= 11 is 0. The van der Waals surface area contributed by atoms with Gasteiger partial charge in [0.1, 0.15) is 5.82 Å². The van der Waals surface area contributed by atoms with Crippen LogP contribution in [0, 0.1) is 5.82 Å². The topological polar surface area (TPSA) is 78.0 Å². The number of amides is 1. The molecule has 0 saturated carbocycles. The summed E-state index contributed by atoms with van der Waals surface area (Å²) in [5.74, 6) is 0.489. The van der Waals surface area contributed by atoms with E-state index in [1.54, 1.807) is 24.5 Å². The molecule has 0 bridgehead atoms. The third kappa shape index (κ3) is 4.02. The minimum Gasteiger partial charge on any atom is -0.341 e. The molecule has 2 fully saturated rings. The van der Waals surface area contributed by atoms with Gasteiger partial charge in [-0.15, -0.1) is 0 Å². The van der Waals surface area contributed by atoms with Gasteiger partial charge in [0, 0.05) is 31.4 Å². The Kier molecular flexibility index (Phi) is 5.36. The molecule has 2 aromatic heterocycles. The highest BCUT2D eigenvalue weighted by Gasteiger charge is 2.33. The van der Waals surface area contributed by atoms with Crippen molar-refractivity contribution >= 4 is 11.9 Å². The Balaban J connectivity index is 1.38. The van der Waals surface area contributed by atoms with E-state index < -0.39 is 0 Å². The van der Waals surface area contributed by atoms with E-state index in [4.69, 9.17) is 4.98 Å². The molecule has 2 aliphatic heterocycles. The Bertz CT molecular complexity index is 1060. The van der Waals surface area contributed by atoms with E-state index in [0.717, 1.165) is 67.2 Å². The van der Waals surface area contributed by atoms with Gasteiger partial charge in [-0.25, -0.2) is 14.4 Å². The molecule has 1 amide bonds. The highest BCUT2D eigenvalue weighted by Crippen LogP contribution is 2.36. The molecule has 5 rings (SSSR count). The molecule has 2 aliphatic rings. The van der Waals surface area contributed by atoms with E-state index >= 15 is 0 Å². The number of nitrogens with zero attached hydrogens (tertiary/aromatic N) is 5. The molecule has 4 heterocycles. The average Bonchev–Trinajstić information content (AvgIpc) is 3.56. The van der Waals surface area contributed by atoms with Crippen molar-refractivity contribution in [2.75, 3.05) is 24.5 Å². The number of halogens is 1. The number of hydrogen-bond donors (Lipinski definition) is 1. The molecule has 0 unspecified atom stereocenters. The van der Waals surface area contributed by atoms with Crippen LogP contribution in [-0.2, 0) is 11.2 Å². The number of rotatable bonds is 5. The van der Waals surface area contributed by atoms with Gasteiger partial charge in [-0.2, -0.15) is 5.10 Å². The van der Waals surface area contributed by atoms with Crippen LogP contribution in [-0.4, -0.2) is 50.6 Å². The zero-order valence-corrected chi connectivity index (χ0v) is 17.3. The van der Waals surface area contributed by atoms with Crippen LogP contribution in [0.2, 0.25) is 0 Å². The summed E-state index contributed by atoms with van der Waals surface area (Å²) in [5, 5.41) is 7.40. The van der Waals surface area contributed by atoms with Crippen LogP contribution in [0.15, 0.2) is 42.7 Å². The molecule has 160 valence electrons. The smallest absolute Gasteiger partial charge is 0.227 e. The molecule has 0 radical (unpaired) electrons. The van der Waals surface area contributed by atoms with Crippen molar-refractivity contribution in [3.05, 3.63) is 59.8 Å². The third-order valence-electron chi connectivity index (χ3n) is 6.15. The molecule has 8 heteroatoms. The van der Waals surface area contributed by atoms with Crippen LogP contribution < -0.4 is 4.90 Å². The number of aromatic nitrogens is 4. The number of aromatic amines is 1. The van der Waals surface area contributed by atoms with Gasteiger partial charge in [-0.1, -0.05) is 12.1 Å². The van der Waals surface area contributed by atoms with E-state index in [9.17, 15) is 9.18 Å². The molecular weight excluding hydrogens is 395 g/mol. The van der Waals surface area contributed by atoms with Gasteiger partial charge in [-0.3, -0.25) is 9.89 Å². The van der Waals surface area contributed by atoms with Gasteiger partial charge < -0.3 is 9.80 Å². The minimum atomic E-state index is -0.296. The molecular formula is C23H25FN6O. The molecule has 1 atom stereocenters. The predicted molar refractivity (Wildman–Crippen MR) is 115 cm³/mol. The van der Waals surface area contributed by atoms with Crippen molar-refractivity contribution in [1.82, 2.24) is 25.1 Å². The monoisotopic (exact) mass is 420 g/mol. The van der Waals surface area contributed by atoms with Crippen molar-refractivity contribution < 1.29 is 9.18 Å². The van der Waals surface area contributed by atoms with Crippen LogP contribution in [0.25, 0.3) is 11.3 Å². The molecule has 0 aliphatic carbocycles. The largest absolute Gasteiger partial charge is 0.341 e. The van der Waals surface area contributed by atoms with E-state index in [1.807, 2.05) is 11.0 Å². The number of hydrogen-bond acceptors (Lipinski definition) is 5. The number of carbonyl (C=O) groups excluding carboxylic acids is 1. The fourth-order valence-electron chi connectivity index (χ4n) is 4.57. The lowest BCUT2D eigenvalue weighted by Crippen LogP contribution is -2.32. The molecule has 0 spiro atoms. The first-order valence-electron chi connectivity index (χ1n) is 10.8. The number of H-pyrrole nitrogens is 1. The zero-order chi connectivity index (χ0) is 21.2. The van der Waals surface area contributed by atoms with Crippen molar-refractivity contribution in [2.45, 2.75) is 38.1 Å². The third-order valence-corrected chi connectivity index (χ3v) is 6.15. The van der Waals surface area contributed by atoms with Crippen LogP contribution in [0.5, 0.6) is 0 Å². The molecule has 3 aromatic rings. The van der Waals surface area contributed by atoms with Crippen molar-refractivity contribution in [2.24, 2.45) is 0 Å². The zero-order valence-electron chi connectivity index (χ0n) is 17.3. The van der Waals surface area contributed by atoms with Crippen molar-refractivity contribution in [3.63, 3.8) is 0 Å². The van der Waals surface area contributed by atoms with Gasteiger partial charge in [-0.05, 0) is 49.4 Å². The first-order chi connectivity index (χ1) is 15.2. The lowest BCUT2D eigenvalue weighted by Gasteiger charge is -2.25. The Morgan fingerprint density at radius 3 is 2.71 bits per heavy atom. The highest BCUT2D eigenvalue weighted by molar-refractivity contribution is 5.80. The van der Waals surface area contributed by atoms with Crippen molar-refractivity contribution in [1.29, 1.82) is 0 Å². The Morgan fingerprint density at radius 2 is 1.90 bits per heavy atom. The summed E-state index contributed by atoms with van der Waals surface area (Å²) in [6, 6.07) is 7.94. The van der Waals surface area contributed by atoms with Crippen LogP contribution in [0.3, 0.4) is 0 Å². The first-order valence-corrected chi connectivity index (χ1v) is 10.8. The van der Waals surface area contributed by atoms with Gasteiger partial charge in [0.15, 0.2) is 0 Å². The van der Waals surface area contributed by atoms with Gasteiger partial charge >= 0.3 is 0 Å². The van der Waals surface area contributed by atoms with Gasteiger partial charge in [0.2, 0.25) is 11.9 Å². The number of benzene rings is 1. The lowest BCUT2D eigenvalue weighted by molar-refractivity contribution is -0.131. The maximum absolute atomic E-state index is 13.2. The SMILES string of the molecule is O=C(Cc1ccc(F)cc1)N1CCC[C@H]1c1[nH]ncc1-c1ccnc(N2CCCC2)n1. The molecule has 1 N–H and O–H groups in total. The second-order valence-electron chi connectivity index (χ2n) is 8.18. The quantitative estimate of drug-likeness (QED) is 0.683. The summed E-state index contributed by atoms with van der Waals surface area (Å²) in [6.45, 7) is 2.66. The van der Waals surface area contributed by atoms with Crippen LogP contribution >= 0.6 is 0 Å². The average molecular weight is 420 g/mol. The molecule has 1 aromatic carbocycles. The standard InChI is InChI=1S/C23H25FN6O/c24-17-7-5-16(6-8-17)14-21(31)30-13-3-4-20(30)22-18(15-26-28-22)19-9-10-25-23(27-19)29-11-1-2-12-29/h5-10,15,20H,1-4,11-14H2,(H,26,28)/t20-/m0/s1. The van der Waals surface area contributed by atoms with E-state index in [1.165, 1.54) is 12.1 Å². The lowest BCUT2D eigenvalue weighted by atomic mass is 10.0. The normalized spacial score (nSPS) is 18.7. The number of likely N-dealkylation sites (tertiary alicyclic amines) is 1. The van der Waals surface area contributed by atoms with Gasteiger partial charge in [0.05, 0.1) is 30.0 Å². The van der Waals surface area contributed by atoms with Crippen molar-refractivity contribution in [3.8, 4) is 11.3 Å². The molecule has 31 heavy (non-hydrogen) atoms. The second-order valence-corrected chi connectivity index (χ2v) is 8.18. The fourth-order valence-corrected chi connectivity index (χ4v) is 4.57. The summed E-state index contributed by atoms with van der Waals surface area (Å²) in [7, 11) is 0. The number of nitrogens with one attached hydrogen (secondary N) is 1. The highest BCUT2D eigenvalue weighted by atomic mass is 19.1. The minimum absolute atomic E-state index is 0.0371. The van der Waals surface area contributed by atoms with Gasteiger partial charge in [0.25, 0.3) is 0 Å². The number of carbonyl (C=O) groups is 1.